The summed E-state index contributed by atoms with van der Waals surface area (Å²) in [6, 6.07) is 0. The minimum Gasteiger partial charge on any atom is -0.370 e. The first-order valence-electron chi connectivity index (χ1n) is 4.38. The predicted octanol–water partition coefficient (Wildman–Crippen LogP) is -0.195. The van der Waals surface area contributed by atoms with Crippen molar-refractivity contribution in [3.63, 3.8) is 0 Å². The fourth-order valence-corrected chi connectivity index (χ4v) is 1.51. The Morgan fingerprint density at radius 3 is 3.15 bits per heavy atom. The standard InChI is InChI=1S/C8H12N4O/c1-2-10-7-5-3-9-4-6(5)11-8(13)12-7/h9H,2-4H2,1H3,(H2,10,11,12,13). The highest BCUT2D eigenvalue weighted by Gasteiger charge is 2.16. The Bertz CT molecular complexity index is 371. The molecule has 3 N–H and O–H groups in total. The normalized spacial score (nSPS) is 14.2. The van der Waals surface area contributed by atoms with Gasteiger partial charge in [-0.3, -0.25) is 0 Å². The second kappa shape index (κ2) is 3.18. The number of H-pyrrole nitrogens is 1. The largest absolute Gasteiger partial charge is 0.370 e. The minimum absolute atomic E-state index is 0.279. The lowest BCUT2D eigenvalue weighted by molar-refractivity contribution is 0.757. The minimum atomic E-state index is -0.279. The van der Waals surface area contributed by atoms with Crippen molar-refractivity contribution in [3.05, 3.63) is 21.7 Å². The number of aromatic nitrogens is 2. The van der Waals surface area contributed by atoms with Crippen LogP contribution in [0.2, 0.25) is 0 Å². The van der Waals surface area contributed by atoms with E-state index in [9.17, 15) is 4.79 Å². The van der Waals surface area contributed by atoms with Gasteiger partial charge in [0.1, 0.15) is 5.82 Å². The molecular formula is C8H12N4O. The van der Waals surface area contributed by atoms with Crippen LogP contribution in [-0.2, 0) is 13.1 Å². The lowest BCUT2D eigenvalue weighted by Gasteiger charge is -2.05. The molecule has 0 radical (unpaired) electrons. The van der Waals surface area contributed by atoms with Crippen LogP contribution in [0.3, 0.4) is 0 Å². The summed E-state index contributed by atoms with van der Waals surface area (Å²) in [6.07, 6.45) is 0. The van der Waals surface area contributed by atoms with Crippen LogP contribution in [0, 0.1) is 0 Å². The Kier molecular flexibility index (Phi) is 2.02. The second-order valence-electron chi connectivity index (χ2n) is 2.98. The van der Waals surface area contributed by atoms with E-state index in [1.165, 1.54) is 0 Å². The summed E-state index contributed by atoms with van der Waals surface area (Å²) >= 11 is 0. The average Bonchev–Trinajstić information content (AvgIpc) is 2.52. The first kappa shape index (κ1) is 8.25. The Morgan fingerprint density at radius 1 is 1.54 bits per heavy atom. The number of hydrogen-bond donors (Lipinski definition) is 3. The van der Waals surface area contributed by atoms with Crippen LogP contribution in [-0.4, -0.2) is 16.5 Å². The zero-order chi connectivity index (χ0) is 9.26. The van der Waals surface area contributed by atoms with E-state index in [0.717, 1.165) is 30.9 Å². The molecule has 0 saturated heterocycles. The van der Waals surface area contributed by atoms with E-state index in [0.29, 0.717) is 5.82 Å². The third kappa shape index (κ3) is 1.42. The molecule has 13 heavy (non-hydrogen) atoms. The van der Waals surface area contributed by atoms with Gasteiger partial charge in [0, 0.05) is 30.9 Å². The van der Waals surface area contributed by atoms with E-state index in [-0.39, 0.29) is 5.69 Å². The van der Waals surface area contributed by atoms with Crippen LogP contribution in [0.4, 0.5) is 5.82 Å². The van der Waals surface area contributed by atoms with Crippen LogP contribution in [0.1, 0.15) is 18.2 Å². The van der Waals surface area contributed by atoms with Crippen molar-refractivity contribution in [1.29, 1.82) is 0 Å². The fraction of sp³-hybridized carbons (Fsp3) is 0.500. The van der Waals surface area contributed by atoms with Crippen LogP contribution >= 0.6 is 0 Å². The first-order valence-corrected chi connectivity index (χ1v) is 4.38. The summed E-state index contributed by atoms with van der Waals surface area (Å²) in [5, 5.41) is 6.24. The molecule has 0 saturated carbocycles. The molecule has 0 aromatic carbocycles. The van der Waals surface area contributed by atoms with Crippen LogP contribution in [0.5, 0.6) is 0 Å². The smallest absolute Gasteiger partial charge is 0.347 e. The van der Waals surface area contributed by atoms with Gasteiger partial charge in [0.05, 0.1) is 0 Å². The average molecular weight is 180 g/mol. The maximum Gasteiger partial charge on any atom is 0.347 e. The number of nitrogens with zero attached hydrogens (tertiary/aromatic N) is 1. The molecule has 0 aliphatic carbocycles. The van der Waals surface area contributed by atoms with Gasteiger partial charge in [0.15, 0.2) is 0 Å². The molecule has 5 heteroatoms. The van der Waals surface area contributed by atoms with Gasteiger partial charge in [-0.05, 0) is 6.92 Å². The predicted molar refractivity (Wildman–Crippen MR) is 49.6 cm³/mol. The van der Waals surface area contributed by atoms with Crippen molar-refractivity contribution >= 4 is 5.82 Å². The summed E-state index contributed by atoms with van der Waals surface area (Å²) in [7, 11) is 0. The van der Waals surface area contributed by atoms with Gasteiger partial charge in [-0.1, -0.05) is 0 Å². The number of anilines is 1. The molecule has 1 aromatic rings. The zero-order valence-electron chi connectivity index (χ0n) is 7.48. The zero-order valence-corrected chi connectivity index (χ0v) is 7.48. The third-order valence-electron chi connectivity index (χ3n) is 2.07. The Hall–Kier alpha value is -1.36. The van der Waals surface area contributed by atoms with Crippen LogP contribution in [0.25, 0.3) is 0 Å². The molecule has 0 atom stereocenters. The highest BCUT2D eigenvalue weighted by atomic mass is 16.1. The molecule has 70 valence electrons. The summed E-state index contributed by atoms with van der Waals surface area (Å²) < 4.78 is 0. The van der Waals surface area contributed by atoms with Gasteiger partial charge in [-0.15, -0.1) is 0 Å². The van der Waals surface area contributed by atoms with Crippen molar-refractivity contribution in [2.75, 3.05) is 11.9 Å². The molecular weight excluding hydrogens is 168 g/mol. The lowest BCUT2D eigenvalue weighted by Crippen LogP contribution is -2.17. The van der Waals surface area contributed by atoms with E-state index in [1.807, 2.05) is 6.92 Å². The van der Waals surface area contributed by atoms with E-state index in [4.69, 9.17) is 0 Å². The number of fused-ring (bicyclic) bond motifs is 1. The van der Waals surface area contributed by atoms with E-state index >= 15 is 0 Å². The number of hydrogen-bond acceptors (Lipinski definition) is 4. The van der Waals surface area contributed by atoms with E-state index < -0.39 is 0 Å². The molecule has 0 amide bonds. The van der Waals surface area contributed by atoms with Crippen molar-refractivity contribution in [1.82, 2.24) is 15.3 Å². The second-order valence-corrected chi connectivity index (χ2v) is 2.98. The first-order chi connectivity index (χ1) is 6.31. The van der Waals surface area contributed by atoms with Crippen molar-refractivity contribution in [2.45, 2.75) is 20.0 Å². The number of rotatable bonds is 2. The molecule has 2 rings (SSSR count). The molecule has 0 unspecified atom stereocenters. The quantitative estimate of drug-likeness (QED) is 0.589. The van der Waals surface area contributed by atoms with Crippen molar-refractivity contribution in [2.24, 2.45) is 0 Å². The SMILES string of the molecule is CCNc1nc(=O)[nH]c2c1CNC2. The van der Waals surface area contributed by atoms with Gasteiger partial charge in [0.25, 0.3) is 0 Å². The molecule has 0 bridgehead atoms. The monoisotopic (exact) mass is 180 g/mol. The number of nitrogens with one attached hydrogen (secondary N) is 3. The molecule has 2 heterocycles. The van der Waals surface area contributed by atoms with Gasteiger partial charge >= 0.3 is 5.69 Å². The Labute approximate surface area is 75.6 Å². The topological polar surface area (TPSA) is 69.8 Å². The fourth-order valence-electron chi connectivity index (χ4n) is 1.51. The Balaban J connectivity index is 2.49. The summed E-state index contributed by atoms with van der Waals surface area (Å²) in [4.78, 5) is 17.7. The maximum atomic E-state index is 11.1. The summed E-state index contributed by atoms with van der Waals surface area (Å²) in [5.74, 6) is 0.714. The molecule has 1 aliphatic heterocycles. The third-order valence-corrected chi connectivity index (χ3v) is 2.07. The van der Waals surface area contributed by atoms with E-state index in [1.54, 1.807) is 0 Å². The van der Waals surface area contributed by atoms with E-state index in [2.05, 4.69) is 20.6 Å². The van der Waals surface area contributed by atoms with Gasteiger partial charge in [-0.25, -0.2) is 4.79 Å². The highest BCUT2D eigenvalue weighted by molar-refractivity contribution is 5.47. The highest BCUT2D eigenvalue weighted by Crippen LogP contribution is 2.17. The molecule has 0 spiro atoms. The maximum absolute atomic E-state index is 11.1. The lowest BCUT2D eigenvalue weighted by atomic mass is 10.2. The van der Waals surface area contributed by atoms with Crippen LogP contribution < -0.4 is 16.3 Å². The molecule has 1 aromatic heterocycles. The molecule has 1 aliphatic rings. The van der Waals surface area contributed by atoms with Gasteiger partial charge < -0.3 is 15.6 Å². The molecule has 0 fully saturated rings. The van der Waals surface area contributed by atoms with Gasteiger partial charge in [0.2, 0.25) is 0 Å². The van der Waals surface area contributed by atoms with Crippen molar-refractivity contribution in [3.8, 4) is 0 Å². The van der Waals surface area contributed by atoms with Crippen molar-refractivity contribution < 1.29 is 0 Å². The summed E-state index contributed by atoms with van der Waals surface area (Å²) in [5.41, 5.74) is 1.76. The van der Waals surface area contributed by atoms with Crippen LogP contribution in [0.15, 0.2) is 4.79 Å². The Morgan fingerprint density at radius 2 is 2.38 bits per heavy atom. The number of aromatic amines is 1. The van der Waals surface area contributed by atoms with Gasteiger partial charge in [-0.2, -0.15) is 4.98 Å². The summed E-state index contributed by atoms with van der Waals surface area (Å²) in [6.45, 7) is 4.27. The molecule has 5 nitrogen and oxygen atoms in total.